The van der Waals surface area contributed by atoms with Crippen LogP contribution in [0.25, 0.3) is 0 Å². The number of nitrogens with zero attached hydrogens (tertiary/aromatic N) is 1. The summed E-state index contributed by atoms with van der Waals surface area (Å²) in [6, 6.07) is 12.6. The van der Waals surface area contributed by atoms with Crippen LogP contribution in [0.1, 0.15) is 29.3 Å². The van der Waals surface area contributed by atoms with Crippen molar-refractivity contribution in [3.63, 3.8) is 0 Å². The third-order valence-corrected chi connectivity index (χ3v) is 4.22. The van der Waals surface area contributed by atoms with Gasteiger partial charge in [0.2, 0.25) is 5.91 Å². The number of carbonyl (C=O) groups is 2. The number of rotatable bonds is 9. The van der Waals surface area contributed by atoms with Crippen molar-refractivity contribution < 1.29 is 19.1 Å². The standard InChI is InChI=1S/C21H26N2O4/c1-15(24)16-8-10-18(11-9-16)22-20(25)12-13-23(2)14-17-6-5-7-19(26-3)21(17)27-4/h5-11H,12-14H2,1-4H3,(H,22,25). The van der Waals surface area contributed by atoms with Crippen molar-refractivity contribution in [1.29, 1.82) is 0 Å². The maximum Gasteiger partial charge on any atom is 0.225 e. The molecule has 0 heterocycles. The number of ketones is 1. The van der Waals surface area contributed by atoms with Crippen LogP contribution >= 0.6 is 0 Å². The Kier molecular flexibility index (Phi) is 7.37. The van der Waals surface area contributed by atoms with Crippen LogP contribution in [0, 0.1) is 0 Å². The fourth-order valence-corrected chi connectivity index (χ4v) is 2.75. The van der Waals surface area contributed by atoms with E-state index in [9.17, 15) is 9.59 Å². The Morgan fingerprint density at radius 3 is 2.33 bits per heavy atom. The number of benzene rings is 2. The topological polar surface area (TPSA) is 67.9 Å². The van der Waals surface area contributed by atoms with Gasteiger partial charge in [0.05, 0.1) is 14.2 Å². The Hall–Kier alpha value is -2.86. The van der Waals surface area contributed by atoms with Gasteiger partial charge in [-0.2, -0.15) is 0 Å². The molecule has 0 aliphatic rings. The fraction of sp³-hybridized carbons (Fsp3) is 0.333. The smallest absolute Gasteiger partial charge is 0.225 e. The molecular formula is C21H26N2O4. The van der Waals surface area contributed by atoms with Gasteiger partial charge in [-0.05, 0) is 44.3 Å². The van der Waals surface area contributed by atoms with Gasteiger partial charge in [0.25, 0.3) is 0 Å². The summed E-state index contributed by atoms with van der Waals surface area (Å²) in [5.41, 5.74) is 2.31. The van der Waals surface area contributed by atoms with Crippen LogP contribution < -0.4 is 14.8 Å². The van der Waals surface area contributed by atoms with E-state index in [0.29, 0.717) is 42.3 Å². The summed E-state index contributed by atoms with van der Waals surface area (Å²) < 4.78 is 10.8. The van der Waals surface area contributed by atoms with E-state index in [-0.39, 0.29) is 11.7 Å². The zero-order valence-electron chi connectivity index (χ0n) is 16.2. The minimum atomic E-state index is -0.0740. The van der Waals surface area contributed by atoms with E-state index < -0.39 is 0 Å². The number of anilines is 1. The van der Waals surface area contributed by atoms with Gasteiger partial charge in [-0.1, -0.05) is 12.1 Å². The minimum Gasteiger partial charge on any atom is -0.493 e. The van der Waals surface area contributed by atoms with Gasteiger partial charge in [-0.15, -0.1) is 0 Å². The van der Waals surface area contributed by atoms with Crippen LogP contribution in [-0.2, 0) is 11.3 Å². The molecule has 0 aromatic heterocycles. The number of amides is 1. The van der Waals surface area contributed by atoms with Crippen LogP contribution in [0.15, 0.2) is 42.5 Å². The Labute approximate surface area is 160 Å². The maximum absolute atomic E-state index is 12.2. The van der Waals surface area contributed by atoms with Gasteiger partial charge >= 0.3 is 0 Å². The first-order valence-electron chi connectivity index (χ1n) is 8.74. The van der Waals surface area contributed by atoms with Crippen LogP contribution in [0.2, 0.25) is 0 Å². The Morgan fingerprint density at radius 2 is 1.74 bits per heavy atom. The molecule has 0 spiro atoms. The SMILES string of the molecule is COc1cccc(CN(C)CCC(=O)Nc2ccc(C(C)=O)cc2)c1OC. The largest absolute Gasteiger partial charge is 0.493 e. The molecule has 0 bridgehead atoms. The average Bonchev–Trinajstić information content (AvgIpc) is 2.66. The van der Waals surface area contributed by atoms with Gasteiger partial charge in [0, 0.05) is 36.3 Å². The summed E-state index contributed by atoms with van der Waals surface area (Å²) >= 11 is 0. The highest BCUT2D eigenvalue weighted by molar-refractivity contribution is 5.95. The summed E-state index contributed by atoms with van der Waals surface area (Å²) in [5.74, 6) is 1.33. The van der Waals surface area contributed by atoms with Gasteiger partial charge in [-0.3, -0.25) is 9.59 Å². The van der Waals surface area contributed by atoms with Crippen LogP contribution in [0.3, 0.4) is 0 Å². The molecular weight excluding hydrogens is 344 g/mol. The molecule has 0 unspecified atom stereocenters. The third kappa shape index (κ3) is 5.82. The van der Waals surface area contributed by atoms with Crippen molar-refractivity contribution >= 4 is 17.4 Å². The number of hydrogen-bond donors (Lipinski definition) is 1. The Balaban J connectivity index is 1.87. The number of para-hydroxylation sites is 1. The lowest BCUT2D eigenvalue weighted by Crippen LogP contribution is -2.24. The Bertz CT molecular complexity index is 787. The predicted octanol–water partition coefficient (Wildman–Crippen LogP) is 3.37. The summed E-state index contributed by atoms with van der Waals surface area (Å²) in [5, 5.41) is 2.85. The second-order valence-electron chi connectivity index (χ2n) is 6.32. The van der Waals surface area contributed by atoms with Gasteiger partial charge in [-0.25, -0.2) is 0 Å². The zero-order chi connectivity index (χ0) is 19.8. The van der Waals surface area contributed by atoms with E-state index in [4.69, 9.17) is 9.47 Å². The summed E-state index contributed by atoms with van der Waals surface area (Å²) in [4.78, 5) is 25.5. The molecule has 0 radical (unpaired) electrons. The monoisotopic (exact) mass is 370 g/mol. The summed E-state index contributed by atoms with van der Waals surface area (Å²) in [6.07, 6.45) is 0.358. The molecule has 27 heavy (non-hydrogen) atoms. The van der Waals surface area contributed by atoms with E-state index in [1.807, 2.05) is 25.2 Å². The van der Waals surface area contributed by atoms with Crippen LogP contribution in [0.4, 0.5) is 5.69 Å². The van der Waals surface area contributed by atoms with E-state index >= 15 is 0 Å². The number of ether oxygens (including phenoxy) is 2. The molecule has 144 valence electrons. The fourth-order valence-electron chi connectivity index (χ4n) is 2.75. The first-order valence-corrected chi connectivity index (χ1v) is 8.74. The van der Waals surface area contributed by atoms with Crippen molar-refractivity contribution in [3.8, 4) is 11.5 Å². The quantitative estimate of drug-likeness (QED) is 0.686. The Morgan fingerprint density at radius 1 is 1.04 bits per heavy atom. The van der Waals surface area contributed by atoms with Gasteiger partial charge in [0.1, 0.15) is 0 Å². The number of hydrogen-bond acceptors (Lipinski definition) is 5. The number of nitrogens with one attached hydrogen (secondary N) is 1. The predicted molar refractivity (Wildman–Crippen MR) is 106 cm³/mol. The molecule has 0 aliphatic carbocycles. The van der Waals surface area contributed by atoms with E-state index in [1.54, 1.807) is 38.5 Å². The molecule has 2 aromatic carbocycles. The highest BCUT2D eigenvalue weighted by atomic mass is 16.5. The van der Waals surface area contributed by atoms with Crippen molar-refractivity contribution in [3.05, 3.63) is 53.6 Å². The van der Waals surface area contributed by atoms with E-state index in [2.05, 4.69) is 10.2 Å². The van der Waals surface area contributed by atoms with Crippen molar-refractivity contribution in [2.75, 3.05) is 33.1 Å². The summed E-state index contributed by atoms with van der Waals surface area (Å²) in [6.45, 7) is 2.75. The molecule has 2 rings (SSSR count). The molecule has 1 N–H and O–H groups in total. The highest BCUT2D eigenvalue weighted by Crippen LogP contribution is 2.31. The molecule has 0 aliphatic heterocycles. The van der Waals surface area contributed by atoms with Gasteiger partial charge < -0.3 is 19.7 Å². The normalized spacial score (nSPS) is 10.6. The second-order valence-corrected chi connectivity index (χ2v) is 6.32. The van der Waals surface area contributed by atoms with Crippen LogP contribution in [-0.4, -0.2) is 44.4 Å². The molecule has 1 amide bonds. The third-order valence-electron chi connectivity index (χ3n) is 4.22. The second kappa shape index (κ2) is 9.73. The molecule has 6 heteroatoms. The maximum atomic E-state index is 12.2. The number of methoxy groups -OCH3 is 2. The van der Waals surface area contributed by atoms with Crippen LogP contribution in [0.5, 0.6) is 11.5 Å². The lowest BCUT2D eigenvalue weighted by molar-refractivity contribution is -0.116. The molecule has 2 aromatic rings. The van der Waals surface area contributed by atoms with Crippen molar-refractivity contribution in [1.82, 2.24) is 4.90 Å². The first kappa shape index (κ1) is 20.5. The minimum absolute atomic E-state index is 0.00229. The van der Waals surface area contributed by atoms with Crippen molar-refractivity contribution in [2.45, 2.75) is 19.9 Å². The van der Waals surface area contributed by atoms with E-state index in [0.717, 1.165) is 5.56 Å². The molecule has 0 saturated carbocycles. The summed E-state index contributed by atoms with van der Waals surface area (Å²) in [7, 11) is 5.18. The molecule has 0 saturated heterocycles. The first-order chi connectivity index (χ1) is 12.9. The lowest BCUT2D eigenvalue weighted by Gasteiger charge is -2.19. The molecule has 6 nitrogen and oxygen atoms in total. The average molecular weight is 370 g/mol. The van der Waals surface area contributed by atoms with Crippen molar-refractivity contribution in [2.24, 2.45) is 0 Å². The highest BCUT2D eigenvalue weighted by Gasteiger charge is 2.12. The molecule has 0 fully saturated rings. The zero-order valence-corrected chi connectivity index (χ0v) is 16.2. The number of carbonyl (C=O) groups excluding carboxylic acids is 2. The number of Topliss-reactive ketones (excluding diaryl/α,β-unsaturated/α-hetero) is 1. The van der Waals surface area contributed by atoms with E-state index in [1.165, 1.54) is 6.92 Å². The van der Waals surface area contributed by atoms with Gasteiger partial charge in [0.15, 0.2) is 17.3 Å². The lowest BCUT2D eigenvalue weighted by atomic mass is 10.1. The molecule has 0 atom stereocenters.